The van der Waals surface area contributed by atoms with Crippen molar-refractivity contribution in [2.75, 3.05) is 10.6 Å². The molecule has 1 aromatic heterocycles. The first-order valence-corrected chi connectivity index (χ1v) is 10.2. The second-order valence-electron chi connectivity index (χ2n) is 6.19. The molecule has 0 radical (unpaired) electrons. The van der Waals surface area contributed by atoms with E-state index in [1.807, 2.05) is 36.0 Å². The number of rotatable bonds is 0. The van der Waals surface area contributed by atoms with Crippen molar-refractivity contribution < 1.29 is 18.0 Å². The number of nitrogens with zero attached hydrogens (tertiary/aromatic N) is 2. The summed E-state index contributed by atoms with van der Waals surface area (Å²) in [6.07, 6.45) is -4.10. The zero-order valence-electron chi connectivity index (χ0n) is 15.4. The number of aromatic nitrogens is 2. The van der Waals surface area contributed by atoms with Gasteiger partial charge in [0.1, 0.15) is 5.02 Å². The summed E-state index contributed by atoms with van der Waals surface area (Å²) in [4.78, 5) is 17.5. The van der Waals surface area contributed by atoms with Gasteiger partial charge in [0.2, 0.25) is 12.2 Å². The second kappa shape index (κ2) is 9.82. The summed E-state index contributed by atoms with van der Waals surface area (Å²) in [5.41, 5.74) is 4.47. The van der Waals surface area contributed by atoms with E-state index >= 15 is 0 Å². The monoisotopic (exact) mass is 452 g/mol. The molecule has 0 saturated heterocycles. The molecule has 30 heavy (non-hydrogen) atoms. The molecule has 0 spiro atoms. The quantitative estimate of drug-likeness (QED) is 0.401. The molecular weight excluding hydrogens is 437 g/mol. The van der Waals surface area contributed by atoms with Gasteiger partial charge < -0.3 is 10.6 Å². The molecule has 10 heteroatoms. The SMILES string of the molecule is Clc1cnc2nc1Nc1cccc(c1)CSCc1cccc(c1)N2.O=CC(F)(F)F. The Labute approximate surface area is 180 Å². The number of halogens is 4. The maximum Gasteiger partial charge on any atom is 0.446 e. The highest BCUT2D eigenvalue weighted by Gasteiger charge is 2.24. The van der Waals surface area contributed by atoms with Crippen LogP contribution >= 0.6 is 23.4 Å². The van der Waals surface area contributed by atoms with Crippen molar-refractivity contribution in [3.05, 3.63) is 70.9 Å². The fourth-order valence-electron chi connectivity index (χ4n) is 2.55. The summed E-state index contributed by atoms with van der Waals surface area (Å²) in [6, 6.07) is 16.6. The van der Waals surface area contributed by atoms with Crippen molar-refractivity contribution in [1.82, 2.24) is 9.97 Å². The fourth-order valence-corrected chi connectivity index (χ4v) is 3.62. The molecule has 6 bridgehead atoms. The van der Waals surface area contributed by atoms with Gasteiger partial charge in [0.25, 0.3) is 0 Å². The Hall–Kier alpha value is -2.78. The summed E-state index contributed by atoms with van der Waals surface area (Å²) >= 11 is 8.13. The number of hydrogen-bond acceptors (Lipinski definition) is 6. The van der Waals surface area contributed by atoms with Gasteiger partial charge in [-0.15, -0.1) is 0 Å². The normalized spacial score (nSPS) is 12.9. The van der Waals surface area contributed by atoms with Crippen LogP contribution in [-0.2, 0) is 16.3 Å². The second-order valence-corrected chi connectivity index (χ2v) is 7.59. The van der Waals surface area contributed by atoms with Crippen LogP contribution in [0.1, 0.15) is 11.1 Å². The summed E-state index contributed by atoms with van der Waals surface area (Å²) in [7, 11) is 0. The van der Waals surface area contributed by atoms with Gasteiger partial charge in [-0.25, -0.2) is 4.98 Å². The van der Waals surface area contributed by atoms with Crippen LogP contribution in [0.5, 0.6) is 0 Å². The first-order chi connectivity index (χ1) is 14.3. The maximum absolute atomic E-state index is 10.4. The van der Waals surface area contributed by atoms with Crippen LogP contribution in [0.3, 0.4) is 0 Å². The predicted octanol–water partition coefficient (Wildman–Crippen LogP) is 6.11. The summed E-state index contributed by atoms with van der Waals surface area (Å²) in [6.45, 7) is 0. The summed E-state index contributed by atoms with van der Waals surface area (Å²) in [5, 5.41) is 7.01. The Morgan fingerprint density at radius 3 is 2.13 bits per heavy atom. The van der Waals surface area contributed by atoms with Crippen molar-refractivity contribution in [3.63, 3.8) is 0 Å². The van der Waals surface area contributed by atoms with E-state index in [4.69, 9.17) is 16.4 Å². The third kappa shape index (κ3) is 6.64. The zero-order valence-corrected chi connectivity index (χ0v) is 17.0. The molecule has 156 valence electrons. The third-order valence-corrected chi connectivity index (χ3v) is 5.14. The topological polar surface area (TPSA) is 66.9 Å². The van der Waals surface area contributed by atoms with Crippen LogP contribution in [-0.4, -0.2) is 22.4 Å². The van der Waals surface area contributed by atoms with Crippen molar-refractivity contribution in [3.8, 4) is 0 Å². The number of fused-ring (bicyclic) bond motifs is 6. The lowest BCUT2D eigenvalue weighted by Crippen LogP contribution is -2.07. The molecule has 1 aliphatic rings. The summed E-state index contributed by atoms with van der Waals surface area (Å²) in [5.74, 6) is 3.02. The highest BCUT2D eigenvalue weighted by atomic mass is 35.5. The summed E-state index contributed by atoms with van der Waals surface area (Å²) < 4.78 is 31.2. The van der Waals surface area contributed by atoms with Crippen LogP contribution in [0.4, 0.5) is 36.3 Å². The Morgan fingerprint density at radius 1 is 1.00 bits per heavy atom. The van der Waals surface area contributed by atoms with E-state index in [1.54, 1.807) is 6.20 Å². The highest BCUT2D eigenvalue weighted by molar-refractivity contribution is 7.97. The molecule has 0 unspecified atom stereocenters. The number of alkyl halides is 3. The Kier molecular flexibility index (Phi) is 7.17. The van der Waals surface area contributed by atoms with E-state index < -0.39 is 12.5 Å². The van der Waals surface area contributed by atoms with Crippen LogP contribution in [0, 0.1) is 0 Å². The first-order valence-electron chi connectivity index (χ1n) is 8.68. The molecule has 5 nitrogen and oxygen atoms in total. The Bertz CT molecular complexity index is 1030. The van der Waals surface area contributed by atoms with Gasteiger partial charge in [0, 0.05) is 22.9 Å². The first kappa shape index (κ1) is 21.9. The number of nitrogens with one attached hydrogen (secondary N) is 2. The lowest BCUT2D eigenvalue weighted by Gasteiger charge is -2.13. The van der Waals surface area contributed by atoms with Crippen molar-refractivity contribution in [2.24, 2.45) is 0 Å². The number of thioether (sulfide) groups is 1. The molecule has 4 rings (SSSR count). The number of aldehydes is 1. The van der Waals surface area contributed by atoms with Gasteiger partial charge in [-0.1, -0.05) is 35.9 Å². The van der Waals surface area contributed by atoms with Crippen molar-refractivity contribution in [1.29, 1.82) is 0 Å². The molecule has 0 fully saturated rings. The molecule has 2 heterocycles. The third-order valence-electron chi connectivity index (χ3n) is 3.79. The van der Waals surface area contributed by atoms with Gasteiger partial charge in [0.15, 0.2) is 5.82 Å². The minimum absolute atomic E-state index is 0.487. The fraction of sp³-hybridized carbons (Fsp3) is 0.150. The van der Waals surface area contributed by atoms with Crippen molar-refractivity contribution >= 4 is 52.8 Å². The molecule has 1 aliphatic heterocycles. The minimum Gasteiger partial charge on any atom is -0.339 e. The number of hydrogen-bond donors (Lipinski definition) is 2. The number of benzene rings is 2. The van der Waals surface area contributed by atoms with E-state index in [9.17, 15) is 13.2 Å². The number of anilines is 4. The molecule has 2 aromatic carbocycles. The highest BCUT2D eigenvalue weighted by Crippen LogP contribution is 2.28. The Morgan fingerprint density at radius 2 is 1.57 bits per heavy atom. The van der Waals surface area contributed by atoms with E-state index in [0.29, 0.717) is 16.8 Å². The lowest BCUT2D eigenvalue weighted by molar-refractivity contribution is -0.156. The molecule has 0 aliphatic carbocycles. The average molecular weight is 453 g/mol. The van der Waals surface area contributed by atoms with Gasteiger partial charge in [-0.05, 0) is 35.4 Å². The zero-order chi connectivity index (χ0) is 21.6. The van der Waals surface area contributed by atoms with Gasteiger partial charge in [0.05, 0.1) is 6.20 Å². The molecule has 2 N–H and O–H groups in total. The van der Waals surface area contributed by atoms with Crippen LogP contribution < -0.4 is 10.6 Å². The van der Waals surface area contributed by atoms with E-state index in [-0.39, 0.29) is 0 Å². The standard InChI is InChI=1S/C18H15ClN4S.C2HF3O/c19-16-9-20-18-22-15-6-2-4-13(8-15)11-24-10-12-3-1-5-14(7-12)21-17(16)23-18;3-2(4,5)1-6/h1-9H,10-11H2,(H2,20,21,22,23);1H. The van der Waals surface area contributed by atoms with Gasteiger partial charge >= 0.3 is 6.18 Å². The Balaban J connectivity index is 0.000000377. The molecular formula is C20H16ClF3N4OS. The number of carbonyl (C=O) groups excluding carboxylic acids is 1. The van der Waals surface area contributed by atoms with Gasteiger partial charge in [-0.3, -0.25) is 4.79 Å². The predicted molar refractivity (Wildman–Crippen MR) is 114 cm³/mol. The largest absolute Gasteiger partial charge is 0.446 e. The van der Waals surface area contributed by atoms with E-state index in [0.717, 1.165) is 22.9 Å². The lowest BCUT2D eigenvalue weighted by atomic mass is 10.2. The van der Waals surface area contributed by atoms with Crippen LogP contribution in [0.25, 0.3) is 0 Å². The molecule has 3 aromatic rings. The van der Waals surface area contributed by atoms with Crippen LogP contribution in [0.15, 0.2) is 54.7 Å². The van der Waals surface area contributed by atoms with E-state index in [1.165, 1.54) is 11.1 Å². The van der Waals surface area contributed by atoms with Gasteiger partial charge in [-0.2, -0.15) is 29.9 Å². The molecule has 0 saturated carbocycles. The minimum atomic E-state index is -4.64. The van der Waals surface area contributed by atoms with Crippen molar-refractivity contribution in [2.45, 2.75) is 17.7 Å². The van der Waals surface area contributed by atoms with Crippen LogP contribution in [0.2, 0.25) is 5.02 Å². The smallest absolute Gasteiger partial charge is 0.339 e. The number of carbonyl (C=O) groups is 1. The average Bonchev–Trinajstić information content (AvgIpc) is 2.71. The maximum atomic E-state index is 10.4. The molecule has 0 atom stereocenters. The van der Waals surface area contributed by atoms with E-state index in [2.05, 4.69) is 44.9 Å². The molecule has 0 amide bonds.